The normalized spacial score (nSPS) is 17.6. The molecule has 0 aromatic rings. The summed E-state index contributed by atoms with van der Waals surface area (Å²) in [5, 5.41) is 0. The minimum absolute atomic E-state index is 0.0469. The van der Waals surface area contributed by atoms with Crippen molar-refractivity contribution in [1.82, 2.24) is 0 Å². The van der Waals surface area contributed by atoms with Gasteiger partial charge in [-0.1, -0.05) is 25.7 Å². The number of esters is 4. The third-order valence-electron chi connectivity index (χ3n) is 7.37. The summed E-state index contributed by atoms with van der Waals surface area (Å²) >= 11 is 0. The molecule has 0 aliphatic heterocycles. The fourth-order valence-corrected chi connectivity index (χ4v) is 4.97. The first-order valence-electron chi connectivity index (χ1n) is 12.5. The number of hydrogen-bond donors (Lipinski definition) is 0. The van der Waals surface area contributed by atoms with Gasteiger partial charge >= 0.3 is 23.9 Å². The lowest BCUT2D eigenvalue weighted by Crippen LogP contribution is -2.46. The number of Topliss-reactive ketones (excluding diaryl/α,β-unsaturated/α-hetero) is 2. The van der Waals surface area contributed by atoms with Gasteiger partial charge in [0.05, 0.1) is 28.4 Å². The highest BCUT2D eigenvalue weighted by Gasteiger charge is 2.49. The minimum Gasteiger partial charge on any atom is -0.469 e. The standard InChI is InChI=1S/C26H40O10/c1-33-19(27)9-15-25(16-10-20(28)34-2)13-7-5-6-8-14-26(24(32)23(25)31,17-11-21(29)35-3)18-12-22(30)36-4/h5-18H2,1-4H3. The van der Waals surface area contributed by atoms with Crippen LogP contribution in [0.4, 0.5) is 0 Å². The Bertz CT molecular complexity index is 695. The zero-order valence-electron chi connectivity index (χ0n) is 22.0. The van der Waals surface area contributed by atoms with Crippen molar-refractivity contribution in [3.8, 4) is 0 Å². The lowest BCUT2D eigenvalue weighted by molar-refractivity contribution is -0.154. The van der Waals surface area contributed by atoms with Crippen LogP contribution in [0.3, 0.4) is 0 Å². The monoisotopic (exact) mass is 512 g/mol. The Kier molecular flexibility index (Phi) is 13.3. The van der Waals surface area contributed by atoms with Crippen LogP contribution in [-0.2, 0) is 47.7 Å². The van der Waals surface area contributed by atoms with Gasteiger partial charge in [-0.15, -0.1) is 0 Å². The van der Waals surface area contributed by atoms with Gasteiger partial charge in [0, 0.05) is 36.5 Å². The summed E-state index contributed by atoms with van der Waals surface area (Å²) in [6.07, 6.45) is 3.38. The van der Waals surface area contributed by atoms with Crippen LogP contribution in [0.25, 0.3) is 0 Å². The van der Waals surface area contributed by atoms with Crippen molar-refractivity contribution in [1.29, 1.82) is 0 Å². The van der Waals surface area contributed by atoms with E-state index in [9.17, 15) is 28.8 Å². The molecular formula is C26H40O10. The second kappa shape index (κ2) is 15.4. The van der Waals surface area contributed by atoms with Crippen LogP contribution >= 0.6 is 0 Å². The van der Waals surface area contributed by atoms with Gasteiger partial charge in [0.15, 0.2) is 0 Å². The third-order valence-corrected chi connectivity index (χ3v) is 7.37. The number of rotatable bonds is 12. The fraction of sp³-hybridized carbons (Fsp3) is 0.769. The third kappa shape index (κ3) is 9.02. The Morgan fingerprint density at radius 2 is 0.778 bits per heavy atom. The second-order valence-electron chi connectivity index (χ2n) is 9.44. The van der Waals surface area contributed by atoms with Crippen LogP contribution in [0.2, 0.25) is 0 Å². The van der Waals surface area contributed by atoms with Crippen molar-refractivity contribution in [2.75, 3.05) is 28.4 Å². The molecule has 0 saturated heterocycles. The molecule has 36 heavy (non-hydrogen) atoms. The predicted molar refractivity (Wildman–Crippen MR) is 128 cm³/mol. The number of hydrogen-bond acceptors (Lipinski definition) is 10. The largest absolute Gasteiger partial charge is 0.469 e. The van der Waals surface area contributed by atoms with Gasteiger partial charge in [-0.2, -0.15) is 0 Å². The summed E-state index contributed by atoms with van der Waals surface area (Å²) in [6, 6.07) is 0. The molecule has 10 nitrogen and oxygen atoms in total. The van der Waals surface area contributed by atoms with E-state index in [0.717, 1.165) is 12.8 Å². The van der Waals surface area contributed by atoms with Crippen molar-refractivity contribution in [2.45, 2.75) is 89.9 Å². The summed E-state index contributed by atoms with van der Waals surface area (Å²) < 4.78 is 19.0. The quantitative estimate of drug-likeness (QED) is 0.217. The smallest absolute Gasteiger partial charge is 0.305 e. The first kappa shape index (κ1) is 31.3. The van der Waals surface area contributed by atoms with E-state index in [4.69, 9.17) is 18.9 Å². The van der Waals surface area contributed by atoms with Gasteiger partial charge in [0.2, 0.25) is 11.6 Å². The van der Waals surface area contributed by atoms with Gasteiger partial charge in [0.1, 0.15) is 0 Å². The number of ketones is 2. The summed E-state index contributed by atoms with van der Waals surface area (Å²) in [5.74, 6) is -3.43. The molecule has 0 aromatic heterocycles. The van der Waals surface area contributed by atoms with E-state index < -0.39 is 46.3 Å². The maximum atomic E-state index is 14.0. The molecule has 1 rings (SSSR count). The lowest BCUT2D eigenvalue weighted by atomic mass is 9.62. The van der Waals surface area contributed by atoms with Crippen molar-refractivity contribution in [3.05, 3.63) is 0 Å². The molecule has 0 aromatic carbocycles. The summed E-state index contributed by atoms with van der Waals surface area (Å²) in [6.45, 7) is 0. The van der Waals surface area contributed by atoms with E-state index in [2.05, 4.69) is 0 Å². The SMILES string of the molecule is COC(=O)CCC1(CCC(=O)OC)CCCCCCC(CCC(=O)OC)(CCC(=O)OC)C(=O)C1=O. The van der Waals surface area contributed by atoms with Crippen LogP contribution < -0.4 is 0 Å². The van der Waals surface area contributed by atoms with Crippen LogP contribution in [0.5, 0.6) is 0 Å². The topological polar surface area (TPSA) is 139 Å². The molecule has 0 amide bonds. The summed E-state index contributed by atoms with van der Waals surface area (Å²) in [4.78, 5) is 76.1. The van der Waals surface area contributed by atoms with Crippen LogP contribution in [-0.4, -0.2) is 63.9 Å². The molecule has 1 aliphatic rings. The molecule has 204 valence electrons. The van der Waals surface area contributed by atoms with E-state index in [1.807, 2.05) is 0 Å². The van der Waals surface area contributed by atoms with Crippen molar-refractivity contribution in [3.63, 3.8) is 0 Å². The molecule has 0 bridgehead atoms. The molecule has 1 saturated carbocycles. The van der Waals surface area contributed by atoms with E-state index in [1.165, 1.54) is 28.4 Å². The summed E-state index contributed by atoms with van der Waals surface area (Å²) in [7, 11) is 4.98. The Labute approximate surface area is 212 Å². The highest BCUT2D eigenvalue weighted by molar-refractivity contribution is 6.41. The van der Waals surface area contributed by atoms with Crippen LogP contribution in [0, 0.1) is 10.8 Å². The van der Waals surface area contributed by atoms with Crippen LogP contribution in [0.15, 0.2) is 0 Å². The van der Waals surface area contributed by atoms with Gasteiger partial charge in [-0.25, -0.2) is 0 Å². The predicted octanol–water partition coefficient (Wildman–Crippen LogP) is 3.26. The van der Waals surface area contributed by atoms with E-state index in [-0.39, 0.29) is 51.4 Å². The van der Waals surface area contributed by atoms with E-state index in [0.29, 0.717) is 25.7 Å². The zero-order valence-corrected chi connectivity index (χ0v) is 22.0. The molecule has 0 spiro atoms. The Hall–Kier alpha value is -2.78. The first-order valence-corrected chi connectivity index (χ1v) is 12.5. The number of carbonyl (C=O) groups excluding carboxylic acids is 6. The minimum atomic E-state index is -1.27. The van der Waals surface area contributed by atoms with Gasteiger partial charge in [-0.3, -0.25) is 28.8 Å². The molecule has 10 heteroatoms. The molecule has 0 N–H and O–H groups in total. The van der Waals surface area contributed by atoms with Gasteiger partial charge in [-0.05, 0) is 38.5 Å². The van der Waals surface area contributed by atoms with E-state index in [1.54, 1.807) is 0 Å². The maximum Gasteiger partial charge on any atom is 0.305 e. The highest BCUT2D eigenvalue weighted by atomic mass is 16.5. The van der Waals surface area contributed by atoms with Crippen molar-refractivity contribution < 1.29 is 47.7 Å². The Morgan fingerprint density at radius 3 is 1.00 bits per heavy atom. The van der Waals surface area contributed by atoms with Gasteiger partial charge < -0.3 is 18.9 Å². The number of carbonyl (C=O) groups is 6. The average molecular weight is 513 g/mol. The maximum absolute atomic E-state index is 14.0. The van der Waals surface area contributed by atoms with Crippen molar-refractivity contribution >= 4 is 35.4 Å². The molecule has 0 radical (unpaired) electrons. The molecular weight excluding hydrogens is 472 g/mol. The van der Waals surface area contributed by atoms with E-state index >= 15 is 0 Å². The second-order valence-corrected chi connectivity index (χ2v) is 9.44. The van der Waals surface area contributed by atoms with Gasteiger partial charge in [0.25, 0.3) is 0 Å². The molecule has 0 heterocycles. The summed E-state index contributed by atoms with van der Waals surface area (Å²) in [5.41, 5.74) is -2.53. The highest BCUT2D eigenvalue weighted by Crippen LogP contribution is 2.45. The first-order chi connectivity index (χ1) is 17.1. The number of ether oxygens (including phenoxy) is 4. The van der Waals surface area contributed by atoms with Crippen molar-refractivity contribution in [2.24, 2.45) is 10.8 Å². The fourth-order valence-electron chi connectivity index (χ4n) is 4.97. The Balaban J connectivity index is 3.51. The average Bonchev–Trinajstić information content (AvgIpc) is 2.90. The zero-order chi connectivity index (χ0) is 27.2. The molecule has 0 unspecified atom stereocenters. The lowest BCUT2D eigenvalue weighted by Gasteiger charge is -2.38. The van der Waals surface area contributed by atoms with Crippen LogP contribution in [0.1, 0.15) is 89.9 Å². The molecule has 1 fully saturated rings. The Morgan fingerprint density at radius 1 is 0.528 bits per heavy atom. The molecule has 0 atom stereocenters. The number of methoxy groups -OCH3 is 4. The molecule has 1 aliphatic carbocycles.